The molecule has 0 saturated heterocycles. The van der Waals surface area contributed by atoms with Gasteiger partial charge in [-0.2, -0.15) is 0 Å². The second kappa shape index (κ2) is 8.73. The van der Waals surface area contributed by atoms with Gasteiger partial charge in [0.05, 0.1) is 12.2 Å². The molecule has 4 rings (SSSR count). The molecule has 4 aliphatic carbocycles. The molecule has 4 nitrogen and oxygen atoms in total. The van der Waals surface area contributed by atoms with E-state index < -0.39 is 5.60 Å². The van der Waals surface area contributed by atoms with Crippen molar-refractivity contribution in [1.82, 2.24) is 4.90 Å². The van der Waals surface area contributed by atoms with Gasteiger partial charge in [-0.05, 0) is 107 Å². The Kier molecular flexibility index (Phi) is 6.57. The minimum absolute atomic E-state index is 0.192. The molecule has 4 aliphatic rings. The van der Waals surface area contributed by atoms with Crippen LogP contribution in [0.2, 0.25) is 0 Å². The van der Waals surface area contributed by atoms with Gasteiger partial charge in [-0.25, -0.2) is 0 Å². The highest BCUT2D eigenvalue weighted by Gasteiger charge is 2.57. The molecule has 0 bridgehead atoms. The summed E-state index contributed by atoms with van der Waals surface area (Å²) < 4.78 is 5.34. The fourth-order valence-electron chi connectivity index (χ4n) is 8.72. The van der Waals surface area contributed by atoms with E-state index in [4.69, 9.17) is 4.74 Å². The average Bonchev–Trinajstić information content (AvgIpc) is 2.73. The van der Waals surface area contributed by atoms with E-state index >= 15 is 0 Å². The van der Waals surface area contributed by atoms with Crippen molar-refractivity contribution in [2.45, 2.75) is 90.6 Å². The lowest BCUT2D eigenvalue weighted by molar-refractivity contribution is -0.160. The lowest BCUT2D eigenvalue weighted by Crippen LogP contribution is -2.56. The maximum Gasteiger partial charge on any atom is 0.226 e. The van der Waals surface area contributed by atoms with E-state index in [9.17, 15) is 9.90 Å². The van der Waals surface area contributed by atoms with E-state index in [0.29, 0.717) is 18.4 Å². The molecule has 1 amide bonds. The van der Waals surface area contributed by atoms with Crippen molar-refractivity contribution in [3.8, 4) is 0 Å². The number of aliphatic hydroxyl groups is 1. The van der Waals surface area contributed by atoms with Crippen molar-refractivity contribution in [1.29, 1.82) is 0 Å². The molecular weight excluding hydrogens is 374 g/mol. The Morgan fingerprint density at radius 2 is 1.73 bits per heavy atom. The molecule has 0 heterocycles. The lowest BCUT2D eigenvalue weighted by atomic mass is 9.44. The van der Waals surface area contributed by atoms with Crippen LogP contribution in [0.1, 0.15) is 85.0 Å². The Balaban J connectivity index is 1.51. The monoisotopic (exact) mass is 419 g/mol. The normalized spacial score (nSPS) is 45.8. The number of ether oxygens (including phenoxy) is 1. The molecule has 0 aliphatic heterocycles. The number of fused-ring (bicyclic) bond motifs is 5. The first kappa shape index (κ1) is 22.6. The summed E-state index contributed by atoms with van der Waals surface area (Å²) in [5, 5.41) is 11.0. The molecule has 4 heteroatoms. The number of amides is 1. The molecule has 0 aromatic carbocycles. The van der Waals surface area contributed by atoms with Crippen molar-refractivity contribution in [3.63, 3.8) is 0 Å². The van der Waals surface area contributed by atoms with Gasteiger partial charge < -0.3 is 14.7 Å². The third kappa shape index (κ3) is 3.74. The summed E-state index contributed by atoms with van der Waals surface area (Å²) in [5.74, 6) is 4.44. The van der Waals surface area contributed by atoms with E-state index in [1.807, 2.05) is 0 Å². The molecule has 4 fully saturated rings. The molecule has 0 radical (unpaired) electrons. The summed E-state index contributed by atoms with van der Waals surface area (Å²) in [7, 11) is 1.71. The number of rotatable bonds is 5. The molecule has 172 valence electrons. The van der Waals surface area contributed by atoms with Crippen molar-refractivity contribution in [3.05, 3.63) is 0 Å². The second-order valence-corrected chi connectivity index (χ2v) is 11.4. The van der Waals surface area contributed by atoms with Gasteiger partial charge in [-0.3, -0.25) is 4.79 Å². The molecule has 0 spiro atoms. The molecule has 30 heavy (non-hydrogen) atoms. The van der Waals surface area contributed by atoms with Gasteiger partial charge in [0.2, 0.25) is 5.91 Å². The maximum atomic E-state index is 13.4. The van der Waals surface area contributed by atoms with Crippen molar-refractivity contribution in [2.75, 3.05) is 26.8 Å². The van der Waals surface area contributed by atoms with E-state index in [-0.39, 0.29) is 11.3 Å². The summed E-state index contributed by atoms with van der Waals surface area (Å²) in [4.78, 5) is 15.5. The average molecular weight is 420 g/mol. The SMILES string of the molecule is CCN(CC)C(=O)[C@H]1CCC[C@H]2[C@@H]3CC[C@H]4C[C@@](O)(COC)CC[C@@H]4[C@H]3CC[C@]12C. The van der Waals surface area contributed by atoms with Crippen LogP contribution in [-0.4, -0.2) is 48.3 Å². The first-order chi connectivity index (χ1) is 14.4. The van der Waals surface area contributed by atoms with E-state index in [0.717, 1.165) is 62.4 Å². The molecule has 0 aromatic rings. The van der Waals surface area contributed by atoms with Gasteiger partial charge in [-0.15, -0.1) is 0 Å². The fraction of sp³-hybridized carbons (Fsp3) is 0.962. The van der Waals surface area contributed by atoms with Gasteiger partial charge in [0.1, 0.15) is 0 Å². The largest absolute Gasteiger partial charge is 0.387 e. The van der Waals surface area contributed by atoms with Gasteiger partial charge in [0.15, 0.2) is 0 Å². The molecule has 0 aromatic heterocycles. The highest BCUT2D eigenvalue weighted by atomic mass is 16.5. The summed E-state index contributed by atoms with van der Waals surface area (Å²) in [6.45, 7) is 8.88. The summed E-state index contributed by atoms with van der Waals surface area (Å²) >= 11 is 0. The first-order valence-corrected chi connectivity index (χ1v) is 12.9. The Hall–Kier alpha value is -0.610. The van der Waals surface area contributed by atoms with E-state index in [1.165, 1.54) is 38.5 Å². The molecule has 0 unspecified atom stereocenters. The summed E-state index contributed by atoms with van der Waals surface area (Å²) in [5.41, 5.74) is -0.407. The summed E-state index contributed by atoms with van der Waals surface area (Å²) in [6, 6.07) is 0. The lowest BCUT2D eigenvalue weighted by Gasteiger charge is -2.61. The smallest absolute Gasteiger partial charge is 0.226 e. The number of carbonyl (C=O) groups is 1. The van der Waals surface area contributed by atoms with Crippen LogP contribution in [0.4, 0.5) is 0 Å². The summed E-state index contributed by atoms with van der Waals surface area (Å²) in [6.07, 6.45) is 11.7. The second-order valence-electron chi connectivity index (χ2n) is 11.4. The first-order valence-electron chi connectivity index (χ1n) is 12.9. The highest BCUT2D eigenvalue weighted by Crippen LogP contribution is 2.63. The third-order valence-corrected chi connectivity index (χ3v) is 10.1. The van der Waals surface area contributed by atoms with Crippen LogP contribution >= 0.6 is 0 Å². The Bertz CT molecular complexity index is 619. The van der Waals surface area contributed by atoms with Crippen LogP contribution < -0.4 is 0 Å². The van der Waals surface area contributed by atoms with Crippen LogP contribution in [-0.2, 0) is 9.53 Å². The fourth-order valence-corrected chi connectivity index (χ4v) is 8.72. The maximum absolute atomic E-state index is 13.4. The van der Waals surface area contributed by atoms with Gasteiger partial charge in [0, 0.05) is 26.1 Å². The predicted octanol–water partition coefficient (Wildman–Crippen LogP) is 4.89. The zero-order chi connectivity index (χ0) is 21.5. The number of carbonyl (C=O) groups excluding carboxylic acids is 1. The Morgan fingerprint density at radius 3 is 2.43 bits per heavy atom. The van der Waals surface area contributed by atoms with Gasteiger partial charge in [0.25, 0.3) is 0 Å². The molecule has 4 saturated carbocycles. The third-order valence-electron chi connectivity index (χ3n) is 10.1. The number of hydrogen-bond donors (Lipinski definition) is 1. The van der Waals surface area contributed by atoms with Gasteiger partial charge >= 0.3 is 0 Å². The Labute approximate surface area is 184 Å². The number of hydrogen-bond acceptors (Lipinski definition) is 3. The van der Waals surface area contributed by atoms with Crippen molar-refractivity contribution in [2.24, 2.45) is 40.9 Å². The van der Waals surface area contributed by atoms with Crippen LogP contribution in [0, 0.1) is 40.9 Å². The van der Waals surface area contributed by atoms with E-state index in [2.05, 4.69) is 25.7 Å². The number of methoxy groups -OCH3 is 1. The van der Waals surface area contributed by atoms with Crippen LogP contribution in [0.15, 0.2) is 0 Å². The number of nitrogens with zero attached hydrogens (tertiary/aromatic N) is 1. The van der Waals surface area contributed by atoms with Crippen molar-refractivity contribution >= 4 is 5.91 Å². The van der Waals surface area contributed by atoms with Crippen LogP contribution in [0.3, 0.4) is 0 Å². The molecule has 8 atom stereocenters. The van der Waals surface area contributed by atoms with Crippen molar-refractivity contribution < 1.29 is 14.6 Å². The van der Waals surface area contributed by atoms with E-state index in [1.54, 1.807) is 7.11 Å². The zero-order valence-corrected chi connectivity index (χ0v) is 19.9. The quantitative estimate of drug-likeness (QED) is 0.690. The highest BCUT2D eigenvalue weighted by molar-refractivity contribution is 5.79. The molecular formula is C26H45NO3. The Morgan fingerprint density at radius 1 is 1.00 bits per heavy atom. The molecule has 1 N–H and O–H groups in total. The standard InChI is InChI=1S/C26H45NO3/c1-5-27(6-2)24(28)23-9-7-8-22-21-11-10-18-16-26(29,17-30-4)15-13-19(18)20(21)12-14-25(22,23)3/h18-23,29H,5-17H2,1-4H3/t18-,19-,20+,21+,22-,23+,25-,26+/m0/s1. The predicted molar refractivity (Wildman–Crippen MR) is 120 cm³/mol. The zero-order valence-electron chi connectivity index (χ0n) is 19.9. The van der Waals surface area contributed by atoms with Gasteiger partial charge in [-0.1, -0.05) is 13.3 Å². The van der Waals surface area contributed by atoms with Crippen LogP contribution in [0.25, 0.3) is 0 Å². The minimum atomic E-state index is -0.599. The van der Waals surface area contributed by atoms with Crippen LogP contribution in [0.5, 0.6) is 0 Å². The topological polar surface area (TPSA) is 49.8 Å². The minimum Gasteiger partial charge on any atom is -0.387 e.